The molecule has 1 aliphatic carbocycles. The average molecular weight is 702 g/mol. The first kappa shape index (κ1) is 36.0. The van der Waals surface area contributed by atoms with Gasteiger partial charge in [-0.05, 0) is 71.9 Å². The zero-order valence-corrected chi connectivity index (χ0v) is 29.5. The second-order valence-corrected chi connectivity index (χ2v) is 16.9. The van der Waals surface area contributed by atoms with Crippen LogP contribution in [0.25, 0.3) is 10.9 Å². The smallest absolute Gasteiger partial charge is 0.347 e. The summed E-state index contributed by atoms with van der Waals surface area (Å²) in [7, 11) is -6.55. The van der Waals surface area contributed by atoms with Crippen molar-refractivity contribution in [3.05, 3.63) is 33.9 Å². The predicted octanol–water partition coefficient (Wildman–Crippen LogP) is 5.94. The van der Waals surface area contributed by atoms with Gasteiger partial charge in [0.15, 0.2) is 17.0 Å². The molecule has 3 heterocycles. The van der Waals surface area contributed by atoms with Crippen molar-refractivity contribution in [2.45, 2.75) is 70.9 Å². The van der Waals surface area contributed by atoms with Crippen LogP contribution in [-0.4, -0.2) is 91.7 Å². The standard InChI is InChI=1S/C31H46FN3O10P2/c1-6-42-46(39,43-7-2)26(47(40,44-8-3)45-9-4)19-33-14-10-11-20-16-34(18-25(20)33)28-24(32)15-22-27(30(28)41-5)35(21-12-13-21)17-23(29(22)36)31(37)38/h15,17,20-21,25-26H,6-14,16,18-19H2,1-5H3,(H,37,38)/t20-,25+/m0/s1. The number of nitrogens with zero attached hydrogens (tertiary/aromatic N) is 3. The number of rotatable bonds is 16. The molecule has 2 atom stereocenters. The Hall–Kier alpha value is -2.31. The first-order chi connectivity index (χ1) is 22.5. The van der Waals surface area contributed by atoms with E-state index in [1.165, 1.54) is 13.3 Å². The quantitative estimate of drug-likeness (QED) is 0.207. The number of benzene rings is 1. The molecule has 0 spiro atoms. The Morgan fingerprint density at radius 2 is 1.60 bits per heavy atom. The molecule has 16 heteroatoms. The van der Waals surface area contributed by atoms with Gasteiger partial charge in [0, 0.05) is 37.9 Å². The van der Waals surface area contributed by atoms with Gasteiger partial charge in [0.1, 0.15) is 11.3 Å². The topological polar surface area (TPSA) is 146 Å². The van der Waals surface area contributed by atoms with Gasteiger partial charge in [-0.1, -0.05) is 0 Å². The molecule has 0 bridgehead atoms. The molecule has 2 aliphatic heterocycles. The van der Waals surface area contributed by atoms with Crippen LogP contribution in [0.5, 0.6) is 5.75 Å². The van der Waals surface area contributed by atoms with Crippen LogP contribution in [-0.2, 0) is 27.2 Å². The van der Waals surface area contributed by atoms with Crippen molar-refractivity contribution in [1.82, 2.24) is 9.47 Å². The van der Waals surface area contributed by atoms with E-state index in [1.807, 2.05) is 4.90 Å². The number of methoxy groups -OCH3 is 1. The van der Waals surface area contributed by atoms with E-state index >= 15 is 4.39 Å². The lowest BCUT2D eigenvalue weighted by Gasteiger charge is -2.41. The normalized spacial score (nSPS) is 20.7. The number of aromatic carboxylic acids is 1. The number of halogens is 1. The molecule has 47 heavy (non-hydrogen) atoms. The summed E-state index contributed by atoms with van der Waals surface area (Å²) in [6, 6.07) is 0.964. The Kier molecular flexibility index (Phi) is 11.2. The molecule has 262 valence electrons. The first-order valence-electron chi connectivity index (χ1n) is 16.4. The lowest BCUT2D eigenvalue weighted by Crippen LogP contribution is -2.48. The minimum Gasteiger partial charge on any atom is -0.492 e. The monoisotopic (exact) mass is 701 g/mol. The maximum Gasteiger partial charge on any atom is 0.347 e. The van der Waals surface area contributed by atoms with Gasteiger partial charge in [0.25, 0.3) is 0 Å². The van der Waals surface area contributed by atoms with Crippen molar-refractivity contribution in [2.75, 3.05) is 64.6 Å². The summed E-state index contributed by atoms with van der Waals surface area (Å²) in [6.07, 6.45) is 4.61. The Labute approximate surface area is 274 Å². The molecule has 3 fully saturated rings. The van der Waals surface area contributed by atoms with Gasteiger partial charge in [-0.15, -0.1) is 0 Å². The summed E-state index contributed by atoms with van der Waals surface area (Å²) in [6.45, 7) is 8.59. The maximum atomic E-state index is 16.1. The number of fused-ring (bicyclic) bond motifs is 2. The third kappa shape index (κ3) is 6.93. The zero-order chi connectivity index (χ0) is 34.1. The highest BCUT2D eigenvalue weighted by molar-refractivity contribution is 7.72. The Balaban J connectivity index is 1.54. The van der Waals surface area contributed by atoms with Crippen LogP contribution in [0.3, 0.4) is 0 Å². The van der Waals surface area contributed by atoms with Gasteiger partial charge in [-0.2, -0.15) is 0 Å². The number of pyridine rings is 1. The van der Waals surface area contributed by atoms with E-state index in [2.05, 4.69) is 4.90 Å². The van der Waals surface area contributed by atoms with E-state index in [-0.39, 0.29) is 67.8 Å². The van der Waals surface area contributed by atoms with E-state index in [1.54, 1.807) is 32.3 Å². The molecule has 1 N–H and O–H groups in total. The van der Waals surface area contributed by atoms with E-state index in [9.17, 15) is 23.8 Å². The molecule has 0 amide bonds. The van der Waals surface area contributed by atoms with Gasteiger partial charge < -0.3 is 37.4 Å². The van der Waals surface area contributed by atoms with Gasteiger partial charge >= 0.3 is 21.2 Å². The number of aromatic nitrogens is 1. The van der Waals surface area contributed by atoms with Crippen LogP contribution in [0.4, 0.5) is 10.1 Å². The van der Waals surface area contributed by atoms with Crippen LogP contribution in [0.2, 0.25) is 0 Å². The van der Waals surface area contributed by atoms with Gasteiger partial charge in [-0.3, -0.25) is 18.8 Å². The molecule has 1 saturated carbocycles. The molecule has 0 radical (unpaired) electrons. The number of carbonyl (C=O) groups is 1. The Morgan fingerprint density at radius 1 is 1.00 bits per heavy atom. The van der Waals surface area contributed by atoms with Crippen molar-refractivity contribution < 1.29 is 46.3 Å². The molecule has 3 aliphatic rings. The van der Waals surface area contributed by atoms with Crippen LogP contribution in [0, 0.1) is 11.7 Å². The lowest BCUT2D eigenvalue weighted by atomic mass is 9.92. The molecule has 2 aromatic rings. The summed E-state index contributed by atoms with van der Waals surface area (Å²) < 4.78 is 75.0. The van der Waals surface area contributed by atoms with Crippen LogP contribution < -0.4 is 15.1 Å². The van der Waals surface area contributed by atoms with Crippen molar-refractivity contribution in [2.24, 2.45) is 5.92 Å². The highest BCUT2D eigenvalue weighted by atomic mass is 31.2. The number of ether oxygens (including phenoxy) is 1. The lowest BCUT2D eigenvalue weighted by molar-refractivity contribution is 0.0694. The molecular weight excluding hydrogens is 655 g/mol. The molecular formula is C31H46FN3O10P2. The van der Waals surface area contributed by atoms with Crippen molar-refractivity contribution in [3.63, 3.8) is 0 Å². The highest BCUT2D eigenvalue weighted by Crippen LogP contribution is 2.70. The number of hydrogen-bond donors (Lipinski definition) is 1. The van der Waals surface area contributed by atoms with Gasteiger partial charge in [0.2, 0.25) is 5.43 Å². The molecule has 0 unspecified atom stereocenters. The first-order valence-corrected chi connectivity index (χ1v) is 19.6. The third-order valence-electron chi connectivity index (χ3n) is 9.15. The van der Waals surface area contributed by atoms with Crippen molar-refractivity contribution in [3.8, 4) is 5.75 Å². The van der Waals surface area contributed by atoms with E-state index in [0.717, 1.165) is 31.7 Å². The van der Waals surface area contributed by atoms with Crippen LogP contribution in [0.15, 0.2) is 17.1 Å². The number of carboxylic acids is 1. The zero-order valence-electron chi connectivity index (χ0n) is 27.7. The third-order valence-corrected chi connectivity index (χ3v) is 15.1. The van der Waals surface area contributed by atoms with Crippen LogP contribution in [0.1, 0.15) is 69.8 Å². The molecule has 1 aromatic carbocycles. The number of hydrogen-bond acceptors (Lipinski definition) is 11. The fraction of sp³-hybridized carbons (Fsp3) is 0.677. The average Bonchev–Trinajstić information content (AvgIpc) is 3.77. The molecule has 5 rings (SSSR count). The van der Waals surface area contributed by atoms with E-state index in [0.29, 0.717) is 25.2 Å². The largest absolute Gasteiger partial charge is 0.492 e. The number of anilines is 1. The number of carboxylic acid groups (broad SMARTS) is 1. The van der Waals surface area contributed by atoms with Crippen molar-refractivity contribution in [1.29, 1.82) is 0 Å². The maximum absolute atomic E-state index is 16.1. The summed E-state index contributed by atoms with van der Waals surface area (Å²) in [5, 5.41) is 8.44. The molecule has 1 aromatic heterocycles. The second kappa shape index (κ2) is 14.7. The molecule has 13 nitrogen and oxygen atoms in total. The Morgan fingerprint density at radius 3 is 2.11 bits per heavy atom. The second-order valence-electron chi connectivity index (χ2n) is 12.1. The van der Waals surface area contributed by atoms with Crippen molar-refractivity contribution >= 4 is 37.8 Å². The van der Waals surface area contributed by atoms with E-state index < -0.39 is 43.4 Å². The predicted molar refractivity (Wildman–Crippen MR) is 176 cm³/mol. The fourth-order valence-electron chi connectivity index (χ4n) is 7.13. The number of likely N-dealkylation sites (tertiary alicyclic amines) is 1. The summed E-state index contributed by atoms with van der Waals surface area (Å²) in [4.78, 5) is 29.1. The number of piperidine rings is 1. The Bertz CT molecular complexity index is 1580. The van der Waals surface area contributed by atoms with Gasteiger partial charge in [-0.25, -0.2) is 9.18 Å². The van der Waals surface area contributed by atoms with E-state index in [4.69, 9.17) is 22.8 Å². The minimum atomic E-state index is -3.98. The summed E-state index contributed by atoms with van der Waals surface area (Å²) >= 11 is 0. The summed E-state index contributed by atoms with van der Waals surface area (Å²) in [5.74, 6) is -1.79. The fourth-order valence-corrected chi connectivity index (χ4v) is 12.4. The van der Waals surface area contributed by atoms with Gasteiger partial charge in [0.05, 0.1) is 44.4 Å². The highest BCUT2D eigenvalue weighted by Gasteiger charge is 2.53. The SMILES string of the molecule is CCOP(=O)(OCC)C(CN1CCC[C@H]2CN(c3c(F)cc4c(=O)c(C(=O)O)cn(C5CC5)c4c3OC)C[C@H]21)P(=O)(OCC)OCC. The molecule has 2 saturated heterocycles. The summed E-state index contributed by atoms with van der Waals surface area (Å²) in [5.41, 5.74) is -0.603. The minimum absolute atomic E-state index is 0.0188. The van der Waals surface area contributed by atoms with Crippen LogP contribution >= 0.6 is 15.2 Å².